The highest BCUT2D eigenvalue weighted by Gasteiger charge is 2.43. The second-order valence-electron chi connectivity index (χ2n) is 5.10. The van der Waals surface area contributed by atoms with Crippen LogP contribution >= 0.6 is 0 Å². The Morgan fingerprint density at radius 3 is 2.19 bits per heavy atom. The zero-order chi connectivity index (χ0) is 11.9. The van der Waals surface area contributed by atoms with E-state index >= 15 is 0 Å². The Hall–Kier alpha value is -1.10. The average Bonchev–Trinajstić information content (AvgIpc) is 2.56. The van der Waals surface area contributed by atoms with Gasteiger partial charge in [0, 0.05) is 13.1 Å². The van der Waals surface area contributed by atoms with Crippen LogP contribution in [0.15, 0.2) is 0 Å². The molecule has 2 bridgehead atoms. The molecule has 16 heavy (non-hydrogen) atoms. The normalized spacial score (nSPS) is 29.2. The van der Waals surface area contributed by atoms with Gasteiger partial charge in [-0.25, -0.2) is 0 Å². The Bertz CT molecular complexity index is 314. The number of fused-ring (bicyclic) bond motifs is 2. The average molecular weight is 227 g/mol. The maximum Gasteiger partial charge on any atom is 0.318 e. The molecule has 2 atom stereocenters. The standard InChI is InChI=1S/C11H17NO4/c1-11(2,10(14)15)9(13)12-5-7-3-4-8(6-12)16-7/h7-8H,3-6H2,1-2H3,(H,14,15). The lowest BCUT2D eigenvalue weighted by molar-refractivity contribution is -0.162. The summed E-state index contributed by atoms with van der Waals surface area (Å²) in [7, 11) is 0. The SMILES string of the molecule is CC(C)(C(=O)O)C(=O)N1CC2CCC(C1)O2. The van der Waals surface area contributed by atoms with Crippen LogP contribution < -0.4 is 0 Å². The number of aliphatic carboxylic acids is 1. The van der Waals surface area contributed by atoms with Crippen LogP contribution in [0, 0.1) is 5.41 Å². The van der Waals surface area contributed by atoms with Crippen molar-refractivity contribution < 1.29 is 19.4 Å². The van der Waals surface area contributed by atoms with Crippen molar-refractivity contribution in [1.82, 2.24) is 4.90 Å². The number of likely N-dealkylation sites (tertiary alicyclic amines) is 1. The number of carboxylic acids is 1. The van der Waals surface area contributed by atoms with Crippen LogP contribution in [0.5, 0.6) is 0 Å². The molecule has 0 aliphatic carbocycles. The quantitative estimate of drug-likeness (QED) is 0.697. The molecule has 2 saturated heterocycles. The van der Waals surface area contributed by atoms with Gasteiger partial charge >= 0.3 is 5.97 Å². The summed E-state index contributed by atoms with van der Waals surface area (Å²) in [5.41, 5.74) is -1.34. The van der Waals surface area contributed by atoms with E-state index in [1.807, 2.05) is 0 Å². The number of carbonyl (C=O) groups excluding carboxylic acids is 1. The third-order valence-electron chi connectivity index (χ3n) is 3.40. The fourth-order valence-corrected chi connectivity index (χ4v) is 2.27. The van der Waals surface area contributed by atoms with Gasteiger partial charge in [-0.15, -0.1) is 0 Å². The van der Waals surface area contributed by atoms with Crippen LogP contribution in [-0.2, 0) is 14.3 Å². The third kappa shape index (κ3) is 1.80. The highest BCUT2D eigenvalue weighted by molar-refractivity contribution is 6.01. The van der Waals surface area contributed by atoms with Crippen molar-refractivity contribution in [2.24, 2.45) is 5.41 Å². The van der Waals surface area contributed by atoms with Gasteiger partial charge in [0.05, 0.1) is 12.2 Å². The Kier molecular flexibility index (Phi) is 2.66. The minimum atomic E-state index is -1.34. The highest BCUT2D eigenvalue weighted by atomic mass is 16.5. The summed E-state index contributed by atoms with van der Waals surface area (Å²) in [6, 6.07) is 0. The lowest BCUT2D eigenvalue weighted by atomic mass is 9.91. The van der Waals surface area contributed by atoms with Crippen molar-refractivity contribution >= 4 is 11.9 Å². The molecule has 0 spiro atoms. The molecule has 0 aromatic heterocycles. The molecule has 90 valence electrons. The van der Waals surface area contributed by atoms with Gasteiger partial charge < -0.3 is 14.7 Å². The molecular weight excluding hydrogens is 210 g/mol. The minimum absolute atomic E-state index is 0.104. The van der Waals surface area contributed by atoms with Gasteiger partial charge in [-0.05, 0) is 26.7 Å². The van der Waals surface area contributed by atoms with E-state index in [-0.39, 0.29) is 18.1 Å². The Balaban J connectivity index is 2.08. The Morgan fingerprint density at radius 1 is 1.25 bits per heavy atom. The van der Waals surface area contributed by atoms with E-state index in [4.69, 9.17) is 9.84 Å². The molecule has 2 fully saturated rings. The maximum absolute atomic E-state index is 12.1. The van der Waals surface area contributed by atoms with E-state index in [0.29, 0.717) is 13.1 Å². The molecule has 5 heteroatoms. The zero-order valence-corrected chi connectivity index (χ0v) is 9.60. The van der Waals surface area contributed by atoms with E-state index < -0.39 is 11.4 Å². The summed E-state index contributed by atoms with van der Waals surface area (Å²) in [5, 5.41) is 9.01. The van der Waals surface area contributed by atoms with Crippen LogP contribution in [0.25, 0.3) is 0 Å². The number of rotatable bonds is 2. The smallest absolute Gasteiger partial charge is 0.318 e. The fourth-order valence-electron chi connectivity index (χ4n) is 2.27. The number of hydrogen-bond donors (Lipinski definition) is 1. The van der Waals surface area contributed by atoms with Crippen LogP contribution in [0.3, 0.4) is 0 Å². The van der Waals surface area contributed by atoms with E-state index in [1.54, 1.807) is 4.90 Å². The number of carboxylic acid groups (broad SMARTS) is 1. The van der Waals surface area contributed by atoms with Gasteiger partial charge in [0.1, 0.15) is 5.41 Å². The van der Waals surface area contributed by atoms with Gasteiger partial charge in [0.2, 0.25) is 5.91 Å². The van der Waals surface area contributed by atoms with E-state index in [2.05, 4.69) is 0 Å². The molecule has 5 nitrogen and oxygen atoms in total. The topological polar surface area (TPSA) is 66.8 Å². The molecule has 2 rings (SSSR count). The minimum Gasteiger partial charge on any atom is -0.480 e. The summed E-state index contributed by atoms with van der Waals surface area (Å²) in [6.45, 7) is 3.97. The van der Waals surface area contributed by atoms with Crippen molar-refractivity contribution in [3.63, 3.8) is 0 Å². The van der Waals surface area contributed by atoms with Crippen molar-refractivity contribution in [2.45, 2.75) is 38.9 Å². The number of carbonyl (C=O) groups is 2. The molecule has 2 aliphatic heterocycles. The van der Waals surface area contributed by atoms with E-state index in [9.17, 15) is 9.59 Å². The Morgan fingerprint density at radius 2 is 1.75 bits per heavy atom. The molecule has 0 aromatic rings. The van der Waals surface area contributed by atoms with Crippen LogP contribution in [0.1, 0.15) is 26.7 Å². The molecule has 1 amide bonds. The fraction of sp³-hybridized carbons (Fsp3) is 0.818. The molecule has 0 radical (unpaired) electrons. The van der Waals surface area contributed by atoms with Crippen LogP contribution in [-0.4, -0.2) is 47.2 Å². The summed E-state index contributed by atoms with van der Waals surface area (Å²) in [5.74, 6) is -1.38. The first-order chi connectivity index (χ1) is 7.41. The van der Waals surface area contributed by atoms with Crippen molar-refractivity contribution in [1.29, 1.82) is 0 Å². The van der Waals surface area contributed by atoms with Gasteiger partial charge in [0.25, 0.3) is 0 Å². The van der Waals surface area contributed by atoms with Crippen molar-refractivity contribution in [2.75, 3.05) is 13.1 Å². The van der Waals surface area contributed by atoms with E-state index in [0.717, 1.165) is 12.8 Å². The van der Waals surface area contributed by atoms with Crippen LogP contribution in [0.2, 0.25) is 0 Å². The number of hydrogen-bond acceptors (Lipinski definition) is 3. The third-order valence-corrected chi connectivity index (χ3v) is 3.40. The largest absolute Gasteiger partial charge is 0.480 e. The predicted molar refractivity (Wildman–Crippen MR) is 55.9 cm³/mol. The molecular formula is C11H17NO4. The molecule has 0 aromatic carbocycles. The first-order valence-corrected chi connectivity index (χ1v) is 5.59. The lowest BCUT2D eigenvalue weighted by Gasteiger charge is -2.35. The van der Waals surface area contributed by atoms with Crippen molar-refractivity contribution in [3.8, 4) is 0 Å². The molecule has 2 aliphatic rings. The van der Waals surface area contributed by atoms with E-state index in [1.165, 1.54) is 13.8 Å². The molecule has 2 unspecified atom stereocenters. The Labute approximate surface area is 94.4 Å². The zero-order valence-electron chi connectivity index (χ0n) is 9.60. The summed E-state index contributed by atoms with van der Waals surface area (Å²) >= 11 is 0. The molecule has 0 saturated carbocycles. The second kappa shape index (κ2) is 3.73. The maximum atomic E-state index is 12.1. The number of morpholine rings is 1. The second-order valence-corrected chi connectivity index (χ2v) is 5.10. The lowest BCUT2D eigenvalue weighted by Crippen LogP contribution is -2.52. The van der Waals surface area contributed by atoms with Gasteiger partial charge in [-0.2, -0.15) is 0 Å². The van der Waals surface area contributed by atoms with Crippen LogP contribution in [0.4, 0.5) is 0 Å². The predicted octanol–water partition coefficient (Wildman–Crippen LogP) is 0.487. The van der Waals surface area contributed by atoms with Crippen molar-refractivity contribution in [3.05, 3.63) is 0 Å². The summed E-state index contributed by atoms with van der Waals surface area (Å²) < 4.78 is 5.61. The monoisotopic (exact) mass is 227 g/mol. The summed E-state index contributed by atoms with van der Waals surface area (Å²) in [4.78, 5) is 24.7. The highest BCUT2D eigenvalue weighted by Crippen LogP contribution is 2.29. The number of amides is 1. The van der Waals surface area contributed by atoms with Gasteiger partial charge in [-0.1, -0.05) is 0 Å². The number of nitrogens with zero attached hydrogens (tertiary/aromatic N) is 1. The first kappa shape index (κ1) is 11.4. The van der Waals surface area contributed by atoms with Gasteiger partial charge in [0.15, 0.2) is 0 Å². The first-order valence-electron chi connectivity index (χ1n) is 5.59. The number of ether oxygens (including phenoxy) is 1. The molecule has 1 N–H and O–H groups in total. The summed E-state index contributed by atoms with van der Waals surface area (Å²) in [6.07, 6.45) is 2.16. The van der Waals surface area contributed by atoms with Gasteiger partial charge in [-0.3, -0.25) is 9.59 Å². The molecule has 2 heterocycles.